The van der Waals surface area contributed by atoms with Crippen molar-refractivity contribution in [2.24, 2.45) is 10.7 Å². The van der Waals surface area contributed by atoms with Crippen molar-refractivity contribution in [1.29, 1.82) is 0 Å². The summed E-state index contributed by atoms with van der Waals surface area (Å²) in [6.45, 7) is 0.461. The highest BCUT2D eigenvalue weighted by molar-refractivity contribution is 5.93. The molecule has 2 aromatic heterocycles. The number of aliphatic imine (C=N–C) groups is 1. The molecule has 0 unspecified atom stereocenters. The molecule has 0 amide bonds. The standard InChI is InChI=1S/C19H21N5/c20-19(22-12-15-9-8-14-10-11-21-18(14)23-15)24-17-7-3-5-13-4-1-2-6-16(13)17/h3,5,7-11H,1-2,4,6,12H2,(H,21,23)(H3,20,22,24). The van der Waals surface area contributed by atoms with E-state index in [4.69, 9.17) is 5.73 Å². The third-order valence-corrected chi connectivity index (χ3v) is 4.54. The zero-order chi connectivity index (χ0) is 16.4. The lowest BCUT2D eigenvalue weighted by Crippen LogP contribution is -2.24. The SMILES string of the molecule is NC(=NCc1ccc2cc[nH]c2n1)Nc1cccc2c1CCCC2. The van der Waals surface area contributed by atoms with Crippen molar-refractivity contribution in [3.63, 3.8) is 0 Å². The van der Waals surface area contributed by atoms with Crippen molar-refractivity contribution in [3.05, 3.63) is 59.4 Å². The molecule has 0 saturated carbocycles. The van der Waals surface area contributed by atoms with E-state index >= 15 is 0 Å². The van der Waals surface area contributed by atoms with Crippen LogP contribution in [0.4, 0.5) is 5.69 Å². The Hall–Kier alpha value is -2.82. The van der Waals surface area contributed by atoms with Gasteiger partial charge >= 0.3 is 0 Å². The van der Waals surface area contributed by atoms with Crippen LogP contribution in [0, 0.1) is 0 Å². The third kappa shape index (κ3) is 2.97. The fourth-order valence-corrected chi connectivity index (χ4v) is 3.30. The zero-order valence-corrected chi connectivity index (χ0v) is 13.5. The van der Waals surface area contributed by atoms with Gasteiger partial charge in [-0.1, -0.05) is 12.1 Å². The van der Waals surface area contributed by atoms with Gasteiger partial charge in [-0.15, -0.1) is 0 Å². The Balaban J connectivity index is 1.49. The Morgan fingerprint density at radius 3 is 3.04 bits per heavy atom. The van der Waals surface area contributed by atoms with Crippen LogP contribution in [0.3, 0.4) is 0 Å². The van der Waals surface area contributed by atoms with E-state index in [2.05, 4.69) is 38.5 Å². The highest BCUT2D eigenvalue weighted by atomic mass is 15.1. The molecule has 24 heavy (non-hydrogen) atoms. The Morgan fingerprint density at radius 2 is 2.08 bits per heavy atom. The molecule has 0 fully saturated rings. The molecular formula is C19H21N5. The van der Waals surface area contributed by atoms with Crippen LogP contribution < -0.4 is 11.1 Å². The number of nitrogens with one attached hydrogen (secondary N) is 2. The van der Waals surface area contributed by atoms with Crippen molar-refractivity contribution in [3.8, 4) is 0 Å². The van der Waals surface area contributed by atoms with Gasteiger partial charge in [-0.25, -0.2) is 9.98 Å². The zero-order valence-electron chi connectivity index (χ0n) is 13.5. The van der Waals surface area contributed by atoms with Crippen LogP contribution in [0.25, 0.3) is 11.0 Å². The van der Waals surface area contributed by atoms with Crippen LogP contribution in [-0.2, 0) is 19.4 Å². The summed E-state index contributed by atoms with van der Waals surface area (Å²) in [5.74, 6) is 0.433. The van der Waals surface area contributed by atoms with Gasteiger partial charge in [-0.2, -0.15) is 0 Å². The average Bonchev–Trinajstić information content (AvgIpc) is 3.08. The van der Waals surface area contributed by atoms with Crippen molar-refractivity contribution >= 4 is 22.7 Å². The van der Waals surface area contributed by atoms with E-state index in [1.165, 1.54) is 24.0 Å². The summed E-state index contributed by atoms with van der Waals surface area (Å²) in [5, 5.41) is 4.37. The summed E-state index contributed by atoms with van der Waals surface area (Å²) >= 11 is 0. The van der Waals surface area contributed by atoms with Crippen LogP contribution in [0.2, 0.25) is 0 Å². The van der Waals surface area contributed by atoms with Gasteiger partial charge in [0.2, 0.25) is 0 Å². The number of hydrogen-bond donors (Lipinski definition) is 3. The summed E-state index contributed by atoms with van der Waals surface area (Å²) in [5.41, 5.74) is 11.8. The van der Waals surface area contributed by atoms with Gasteiger partial charge < -0.3 is 16.0 Å². The molecule has 1 aliphatic rings. The van der Waals surface area contributed by atoms with Gasteiger partial charge in [-0.3, -0.25) is 0 Å². The quantitative estimate of drug-likeness (QED) is 0.511. The number of fused-ring (bicyclic) bond motifs is 2. The number of guanidine groups is 1. The van der Waals surface area contributed by atoms with Crippen LogP contribution in [0.5, 0.6) is 0 Å². The summed E-state index contributed by atoms with van der Waals surface area (Å²) < 4.78 is 0. The number of rotatable bonds is 3. The van der Waals surface area contributed by atoms with E-state index in [0.717, 1.165) is 35.3 Å². The van der Waals surface area contributed by atoms with E-state index in [-0.39, 0.29) is 0 Å². The van der Waals surface area contributed by atoms with Crippen molar-refractivity contribution < 1.29 is 0 Å². The Morgan fingerprint density at radius 1 is 1.17 bits per heavy atom. The first-order valence-electron chi connectivity index (χ1n) is 8.40. The minimum Gasteiger partial charge on any atom is -0.370 e. The molecule has 0 bridgehead atoms. The number of aromatic nitrogens is 2. The molecule has 5 nitrogen and oxygen atoms in total. The number of H-pyrrole nitrogens is 1. The number of nitrogens with zero attached hydrogens (tertiary/aromatic N) is 2. The molecule has 1 aliphatic carbocycles. The fourth-order valence-electron chi connectivity index (χ4n) is 3.30. The molecule has 0 aliphatic heterocycles. The molecule has 5 heteroatoms. The average molecular weight is 319 g/mol. The van der Waals surface area contributed by atoms with Gasteiger partial charge in [-0.05, 0) is 61.1 Å². The molecule has 0 saturated heterocycles. The minimum atomic E-state index is 0.433. The first-order chi connectivity index (χ1) is 11.8. The monoisotopic (exact) mass is 319 g/mol. The number of hydrogen-bond acceptors (Lipinski definition) is 2. The predicted octanol–water partition coefficient (Wildman–Crippen LogP) is 3.37. The maximum atomic E-state index is 6.08. The second kappa shape index (κ2) is 6.35. The number of anilines is 1. The van der Waals surface area contributed by atoms with E-state index in [9.17, 15) is 0 Å². The molecular weight excluding hydrogens is 298 g/mol. The lowest BCUT2D eigenvalue weighted by molar-refractivity contribution is 0.687. The highest BCUT2D eigenvalue weighted by Crippen LogP contribution is 2.27. The fraction of sp³-hybridized carbons (Fsp3) is 0.263. The first-order valence-corrected chi connectivity index (χ1v) is 8.40. The first kappa shape index (κ1) is 14.8. The molecule has 4 N–H and O–H groups in total. The van der Waals surface area contributed by atoms with Crippen LogP contribution in [0.1, 0.15) is 29.7 Å². The van der Waals surface area contributed by atoms with Crippen molar-refractivity contribution in [2.45, 2.75) is 32.2 Å². The minimum absolute atomic E-state index is 0.433. The summed E-state index contributed by atoms with van der Waals surface area (Å²) in [7, 11) is 0. The second-order valence-corrected chi connectivity index (χ2v) is 6.19. The van der Waals surface area contributed by atoms with E-state index in [0.29, 0.717) is 12.5 Å². The summed E-state index contributed by atoms with van der Waals surface area (Å²) in [4.78, 5) is 12.1. The molecule has 0 atom stereocenters. The van der Waals surface area contributed by atoms with Crippen LogP contribution in [-0.4, -0.2) is 15.9 Å². The molecule has 4 rings (SSSR count). The van der Waals surface area contributed by atoms with E-state index in [1.54, 1.807) is 0 Å². The number of pyridine rings is 1. The molecule has 0 spiro atoms. The number of aromatic amines is 1. The van der Waals surface area contributed by atoms with Crippen molar-refractivity contribution in [1.82, 2.24) is 9.97 Å². The van der Waals surface area contributed by atoms with Gasteiger partial charge in [0.1, 0.15) is 5.65 Å². The Bertz CT molecular complexity index is 894. The van der Waals surface area contributed by atoms with E-state index in [1.807, 2.05) is 24.4 Å². The Kier molecular flexibility index (Phi) is 3.91. The molecule has 0 radical (unpaired) electrons. The number of nitrogens with two attached hydrogens (primary N) is 1. The van der Waals surface area contributed by atoms with E-state index < -0.39 is 0 Å². The van der Waals surface area contributed by atoms with Gasteiger partial charge in [0.15, 0.2) is 5.96 Å². The van der Waals surface area contributed by atoms with Crippen LogP contribution >= 0.6 is 0 Å². The maximum Gasteiger partial charge on any atom is 0.193 e. The van der Waals surface area contributed by atoms with Gasteiger partial charge in [0, 0.05) is 17.3 Å². The molecule has 2 heterocycles. The number of benzene rings is 1. The maximum absolute atomic E-state index is 6.08. The van der Waals surface area contributed by atoms with Crippen molar-refractivity contribution in [2.75, 3.05) is 5.32 Å². The molecule has 1 aromatic carbocycles. The number of aryl methyl sites for hydroxylation is 1. The summed E-state index contributed by atoms with van der Waals surface area (Å²) in [6, 6.07) is 12.4. The topological polar surface area (TPSA) is 79.1 Å². The lowest BCUT2D eigenvalue weighted by Gasteiger charge is -2.19. The smallest absolute Gasteiger partial charge is 0.193 e. The molecule has 122 valence electrons. The Labute approximate surface area is 141 Å². The predicted molar refractivity (Wildman–Crippen MR) is 98.1 cm³/mol. The van der Waals surface area contributed by atoms with Gasteiger partial charge in [0.05, 0.1) is 12.2 Å². The molecule has 3 aromatic rings. The second-order valence-electron chi connectivity index (χ2n) is 6.19. The summed E-state index contributed by atoms with van der Waals surface area (Å²) in [6.07, 6.45) is 6.66. The highest BCUT2D eigenvalue weighted by Gasteiger charge is 2.13. The lowest BCUT2D eigenvalue weighted by atomic mass is 9.90. The third-order valence-electron chi connectivity index (χ3n) is 4.54. The normalized spacial score (nSPS) is 14.6. The largest absolute Gasteiger partial charge is 0.370 e. The van der Waals surface area contributed by atoms with Crippen LogP contribution in [0.15, 0.2) is 47.6 Å². The van der Waals surface area contributed by atoms with Gasteiger partial charge in [0.25, 0.3) is 0 Å².